The largest absolute Gasteiger partial charge is 0.368 e. The van der Waals surface area contributed by atoms with Crippen molar-refractivity contribution in [2.75, 3.05) is 12.3 Å². The molecule has 0 fully saturated rings. The van der Waals surface area contributed by atoms with Crippen molar-refractivity contribution in [3.63, 3.8) is 0 Å². The molecule has 0 heterocycles. The molecule has 20 heavy (non-hydrogen) atoms. The Morgan fingerprint density at radius 1 is 1.30 bits per heavy atom. The van der Waals surface area contributed by atoms with Gasteiger partial charge in [0.25, 0.3) is 0 Å². The first-order valence-corrected chi connectivity index (χ1v) is 8.36. The number of carbonyl (C=O) groups is 1. The molecule has 0 spiro atoms. The van der Waals surface area contributed by atoms with Crippen LogP contribution >= 0.6 is 11.8 Å². The van der Waals surface area contributed by atoms with Crippen molar-refractivity contribution in [3.05, 3.63) is 34.9 Å². The first kappa shape index (κ1) is 17.1. The minimum absolute atomic E-state index is 0.193. The van der Waals surface area contributed by atoms with E-state index < -0.39 is 0 Å². The molecular weight excluding hydrogens is 268 g/mol. The highest BCUT2D eigenvalue weighted by molar-refractivity contribution is 7.98. The van der Waals surface area contributed by atoms with E-state index >= 15 is 0 Å². The molecule has 112 valence electrons. The third kappa shape index (κ3) is 6.44. The highest BCUT2D eigenvalue weighted by Gasteiger charge is 2.13. The van der Waals surface area contributed by atoms with Gasteiger partial charge in [-0.05, 0) is 44.6 Å². The van der Waals surface area contributed by atoms with Gasteiger partial charge in [-0.2, -0.15) is 11.8 Å². The lowest BCUT2D eigenvalue weighted by Crippen LogP contribution is -2.41. The van der Waals surface area contributed by atoms with E-state index in [0.717, 1.165) is 30.9 Å². The van der Waals surface area contributed by atoms with E-state index in [9.17, 15) is 4.79 Å². The molecule has 0 aliphatic carbocycles. The van der Waals surface area contributed by atoms with Gasteiger partial charge in [-0.3, -0.25) is 4.79 Å². The number of primary amides is 1. The Bertz CT molecular complexity index is 414. The second-order valence-electron chi connectivity index (χ2n) is 5.25. The van der Waals surface area contributed by atoms with Gasteiger partial charge in [0.15, 0.2) is 0 Å². The maximum Gasteiger partial charge on any atom is 0.234 e. The smallest absolute Gasteiger partial charge is 0.234 e. The molecule has 0 bridgehead atoms. The number of benzene rings is 1. The van der Waals surface area contributed by atoms with Crippen molar-refractivity contribution in [3.8, 4) is 0 Å². The van der Waals surface area contributed by atoms with Gasteiger partial charge in [0.2, 0.25) is 5.91 Å². The molecule has 3 nitrogen and oxygen atoms in total. The van der Waals surface area contributed by atoms with E-state index in [2.05, 4.69) is 44.3 Å². The molecule has 0 radical (unpaired) electrons. The SMILES string of the molecule is CCCNC(CCSCc1cc(C)cc(C)c1)C(N)=O. The van der Waals surface area contributed by atoms with Crippen molar-refractivity contribution in [1.82, 2.24) is 5.32 Å². The number of rotatable bonds is 9. The normalized spacial score (nSPS) is 12.3. The van der Waals surface area contributed by atoms with Crippen LogP contribution in [0.25, 0.3) is 0 Å². The second-order valence-corrected chi connectivity index (χ2v) is 6.35. The summed E-state index contributed by atoms with van der Waals surface area (Å²) in [7, 11) is 0. The zero-order chi connectivity index (χ0) is 15.0. The van der Waals surface area contributed by atoms with Crippen LogP contribution in [0.15, 0.2) is 18.2 Å². The minimum atomic E-state index is -0.245. The van der Waals surface area contributed by atoms with Crippen LogP contribution in [0.1, 0.15) is 36.5 Å². The zero-order valence-corrected chi connectivity index (χ0v) is 13.6. The van der Waals surface area contributed by atoms with Crippen molar-refractivity contribution in [1.29, 1.82) is 0 Å². The average molecular weight is 294 g/mol. The van der Waals surface area contributed by atoms with Crippen molar-refractivity contribution < 1.29 is 4.79 Å². The Morgan fingerprint density at radius 3 is 2.50 bits per heavy atom. The molecule has 1 amide bonds. The molecule has 0 saturated carbocycles. The molecule has 1 unspecified atom stereocenters. The fraction of sp³-hybridized carbons (Fsp3) is 0.562. The Balaban J connectivity index is 2.34. The lowest BCUT2D eigenvalue weighted by atomic mass is 10.1. The molecule has 0 aromatic heterocycles. The summed E-state index contributed by atoms with van der Waals surface area (Å²) in [5, 5.41) is 3.20. The molecule has 0 saturated heterocycles. The van der Waals surface area contributed by atoms with Gasteiger partial charge in [0.05, 0.1) is 6.04 Å². The average Bonchev–Trinajstić information content (AvgIpc) is 2.36. The van der Waals surface area contributed by atoms with Gasteiger partial charge in [0, 0.05) is 5.75 Å². The molecular formula is C16H26N2OS. The van der Waals surface area contributed by atoms with Crippen LogP contribution in [0.4, 0.5) is 0 Å². The zero-order valence-electron chi connectivity index (χ0n) is 12.7. The Morgan fingerprint density at radius 2 is 1.95 bits per heavy atom. The first-order chi connectivity index (χ1) is 9.52. The van der Waals surface area contributed by atoms with Gasteiger partial charge in [-0.25, -0.2) is 0 Å². The topological polar surface area (TPSA) is 55.1 Å². The predicted molar refractivity (Wildman–Crippen MR) is 88.0 cm³/mol. The van der Waals surface area contributed by atoms with Crippen LogP contribution in [-0.4, -0.2) is 24.2 Å². The van der Waals surface area contributed by atoms with Gasteiger partial charge in [0.1, 0.15) is 0 Å². The molecule has 0 aliphatic heterocycles. The predicted octanol–water partition coefficient (Wildman–Crippen LogP) is 2.78. The fourth-order valence-corrected chi connectivity index (χ4v) is 3.16. The molecule has 1 atom stereocenters. The van der Waals surface area contributed by atoms with E-state index in [0.29, 0.717) is 0 Å². The number of hydrogen-bond donors (Lipinski definition) is 2. The molecule has 1 rings (SSSR count). The van der Waals surface area contributed by atoms with Crippen molar-refractivity contribution in [2.24, 2.45) is 5.73 Å². The highest BCUT2D eigenvalue weighted by Crippen LogP contribution is 2.17. The van der Waals surface area contributed by atoms with E-state index in [1.165, 1.54) is 16.7 Å². The van der Waals surface area contributed by atoms with E-state index in [-0.39, 0.29) is 11.9 Å². The quantitative estimate of drug-likeness (QED) is 0.689. The van der Waals surface area contributed by atoms with Gasteiger partial charge < -0.3 is 11.1 Å². The van der Waals surface area contributed by atoms with Crippen molar-refractivity contribution >= 4 is 17.7 Å². The Hall–Kier alpha value is -1.00. The number of hydrogen-bond acceptors (Lipinski definition) is 3. The molecule has 3 N–H and O–H groups in total. The minimum Gasteiger partial charge on any atom is -0.368 e. The summed E-state index contributed by atoms with van der Waals surface area (Å²) < 4.78 is 0. The summed E-state index contributed by atoms with van der Waals surface area (Å²) in [4.78, 5) is 11.3. The van der Waals surface area contributed by atoms with Gasteiger partial charge >= 0.3 is 0 Å². The molecule has 4 heteroatoms. The van der Waals surface area contributed by atoms with Crippen molar-refractivity contribution in [2.45, 2.75) is 45.4 Å². The van der Waals surface area contributed by atoms with Gasteiger partial charge in [-0.15, -0.1) is 0 Å². The molecule has 1 aromatic rings. The summed E-state index contributed by atoms with van der Waals surface area (Å²) in [6.07, 6.45) is 1.81. The lowest BCUT2D eigenvalue weighted by molar-refractivity contribution is -0.120. The summed E-state index contributed by atoms with van der Waals surface area (Å²) in [5.41, 5.74) is 9.36. The summed E-state index contributed by atoms with van der Waals surface area (Å²) in [6.45, 7) is 7.17. The van der Waals surface area contributed by atoms with Crippen LogP contribution in [0, 0.1) is 13.8 Å². The maximum atomic E-state index is 11.3. The number of aryl methyl sites for hydroxylation is 2. The number of amides is 1. The highest BCUT2D eigenvalue weighted by atomic mass is 32.2. The number of nitrogens with two attached hydrogens (primary N) is 1. The first-order valence-electron chi connectivity index (χ1n) is 7.20. The maximum absolute atomic E-state index is 11.3. The number of nitrogens with one attached hydrogen (secondary N) is 1. The van der Waals surface area contributed by atoms with E-state index in [4.69, 9.17) is 5.73 Å². The number of thioether (sulfide) groups is 1. The van der Waals surface area contributed by atoms with Crippen LogP contribution in [-0.2, 0) is 10.5 Å². The van der Waals surface area contributed by atoms with Crippen LogP contribution in [0.2, 0.25) is 0 Å². The molecule has 1 aromatic carbocycles. The summed E-state index contributed by atoms with van der Waals surface area (Å²) in [6, 6.07) is 6.44. The Kier molecular flexibility index (Phi) is 7.70. The third-order valence-electron chi connectivity index (χ3n) is 3.09. The Labute approximate surface area is 126 Å². The second kappa shape index (κ2) is 9.03. The van der Waals surface area contributed by atoms with Gasteiger partial charge in [-0.1, -0.05) is 36.2 Å². The summed E-state index contributed by atoms with van der Waals surface area (Å²) in [5.74, 6) is 1.68. The number of carbonyl (C=O) groups excluding carboxylic acids is 1. The van der Waals surface area contributed by atoms with E-state index in [1.807, 2.05) is 11.8 Å². The van der Waals surface area contributed by atoms with E-state index in [1.54, 1.807) is 0 Å². The standard InChI is InChI=1S/C16H26N2OS/c1-4-6-18-15(16(17)19)5-7-20-11-14-9-12(2)8-13(3)10-14/h8-10,15,18H,4-7,11H2,1-3H3,(H2,17,19). The van der Waals surface area contributed by atoms with Crippen LogP contribution in [0.3, 0.4) is 0 Å². The third-order valence-corrected chi connectivity index (χ3v) is 4.15. The summed E-state index contributed by atoms with van der Waals surface area (Å²) >= 11 is 1.86. The molecule has 0 aliphatic rings. The fourth-order valence-electron chi connectivity index (χ4n) is 2.21. The van der Waals surface area contributed by atoms with Crippen LogP contribution < -0.4 is 11.1 Å². The monoisotopic (exact) mass is 294 g/mol. The van der Waals surface area contributed by atoms with Crippen LogP contribution in [0.5, 0.6) is 0 Å². The lowest BCUT2D eigenvalue weighted by Gasteiger charge is -2.14.